The standard InChI is InChI=1S/C26H36O4/c1-4-6-7-8-9-10-20-29-24-15-13-23(14-16-24)26(27)30-25-17-11-22(12-18-25)21(3)28-19-5-2/h11-18,21H,4-10,19-20H2,1-3H3. The quantitative estimate of drug-likeness (QED) is 0.188. The van der Waals surface area contributed by atoms with Gasteiger partial charge in [-0.3, -0.25) is 0 Å². The summed E-state index contributed by atoms with van der Waals surface area (Å²) < 4.78 is 17.0. The van der Waals surface area contributed by atoms with Gasteiger partial charge in [0.1, 0.15) is 11.5 Å². The molecule has 1 atom stereocenters. The highest BCUT2D eigenvalue weighted by atomic mass is 16.5. The first-order valence-corrected chi connectivity index (χ1v) is 11.3. The highest BCUT2D eigenvalue weighted by molar-refractivity contribution is 5.91. The Hall–Kier alpha value is -2.33. The molecule has 2 rings (SSSR count). The Kier molecular flexibility index (Phi) is 11.0. The Morgan fingerprint density at radius 2 is 1.40 bits per heavy atom. The van der Waals surface area contributed by atoms with E-state index in [4.69, 9.17) is 14.2 Å². The van der Waals surface area contributed by atoms with Gasteiger partial charge in [-0.2, -0.15) is 0 Å². The van der Waals surface area contributed by atoms with Crippen LogP contribution in [-0.2, 0) is 4.74 Å². The van der Waals surface area contributed by atoms with Crippen LogP contribution in [0.25, 0.3) is 0 Å². The fraction of sp³-hybridized carbons (Fsp3) is 0.500. The molecule has 30 heavy (non-hydrogen) atoms. The molecule has 0 fully saturated rings. The van der Waals surface area contributed by atoms with E-state index in [-0.39, 0.29) is 12.1 Å². The molecule has 0 amide bonds. The van der Waals surface area contributed by atoms with Crippen molar-refractivity contribution in [3.63, 3.8) is 0 Å². The van der Waals surface area contributed by atoms with E-state index >= 15 is 0 Å². The first-order valence-electron chi connectivity index (χ1n) is 11.3. The summed E-state index contributed by atoms with van der Waals surface area (Å²) in [6.07, 6.45) is 8.44. The second kappa shape index (κ2) is 13.8. The first-order chi connectivity index (χ1) is 14.6. The fourth-order valence-corrected chi connectivity index (χ4v) is 3.12. The van der Waals surface area contributed by atoms with Crippen molar-refractivity contribution in [2.75, 3.05) is 13.2 Å². The van der Waals surface area contributed by atoms with Crippen LogP contribution in [0.3, 0.4) is 0 Å². The van der Waals surface area contributed by atoms with Crippen molar-refractivity contribution in [1.29, 1.82) is 0 Å². The minimum Gasteiger partial charge on any atom is -0.494 e. The van der Waals surface area contributed by atoms with Crippen molar-refractivity contribution in [2.24, 2.45) is 0 Å². The predicted molar refractivity (Wildman–Crippen MR) is 121 cm³/mol. The molecular weight excluding hydrogens is 376 g/mol. The lowest BCUT2D eigenvalue weighted by Crippen LogP contribution is -2.08. The highest BCUT2D eigenvalue weighted by Gasteiger charge is 2.10. The van der Waals surface area contributed by atoms with Gasteiger partial charge in [0, 0.05) is 6.61 Å². The van der Waals surface area contributed by atoms with Crippen molar-refractivity contribution < 1.29 is 19.0 Å². The lowest BCUT2D eigenvalue weighted by Gasteiger charge is -2.13. The van der Waals surface area contributed by atoms with Crippen molar-refractivity contribution in [2.45, 2.75) is 71.8 Å². The summed E-state index contributed by atoms with van der Waals surface area (Å²) in [5.74, 6) is 0.931. The summed E-state index contributed by atoms with van der Waals surface area (Å²) in [6.45, 7) is 7.78. The molecular formula is C26H36O4. The average molecular weight is 413 g/mol. The van der Waals surface area contributed by atoms with Crippen molar-refractivity contribution in [3.05, 3.63) is 59.7 Å². The van der Waals surface area contributed by atoms with Crippen LogP contribution in [0.1, 0.15) is 87.7 Å². The third-order valence-corrected chi connectivity index (χ3v) is 4.99. The van der Waals surface area contributed by atoms with Crippen LogP contribution in [0.15, 0.2) is 48.5 Å². The van der Waals surface area contributed by atoms with Crippen molar-refractivity contribution in [1.82, 2.24) is 0 Å². The number of benzene rings is 2. The van der Waals surface area contributed by atoms with Gasteiger partial charge in [-0.25, -0.2) is 4.79 Å². The van der Waals surface area contributed by atoms with Crippen LogP contribution in [0.5, 0.6) is 11.5 Å². The number of rotatable bonds is 14. The molecule has 0 aliphatic heterocycles. The summed E-state index contributed by atoms with van der Waals surface area (Å²) in [5.41, 5.74) is 1.57. The predicted octanol–water partition coefficient (Wildman–Crippen LogP) is 7.13. The van der Waals surface area contributed by atoms with Gasteiger partial charge in [0.25, 0.3) is 0 Å². The summed E-state index contributed by atoms with van der Waals surface area (Å²) >= 11 is 0. The van der Waals surface area contributed by atoms with Gasteiger partial charge in [0.05, 0.1) is 18.3 Å². The van der Waals surface area contributed by atoms with E-state index in [1.54, 1.807) is 24.3 Å². The van der Waals surface area contributed by atoms with Crippen LogP contribution in [0, 0.1) is 0 Å². The molecule has 0 aliphatic carbocycles. The maximum Gasteiger partial charge on any atom is 0.343 e. The molecule has 0 heterocycles. The monoisotopic (exact) mass is 412 g/mol. The number of hydrogen-bond acceptors (Lipinski definition) is 4. The molecule has 0 aliphatic rings. The van der Waals surface area contributed by atoms with Gasteiger partial charge in [-0.1, -0.05) is 58.1 Å². The Morgan fingerprint density at radius 3 is 2.07 bits per heavy atom. The second-order valence-electron chi connectivity index (χ2n) is 7.61. The lowest BCUT2D eigenvalue weighted by atomic mass is 10.1. The summed E-state index contributed by atoms with van der Waals surface area (Å²) in [4.78, 5) is 12.4. The smallest absolute Gasteiger partial charge is 0.343 e. The van der Waals surface area contributed by atoms with E-state index in [9.17, 15) is 4.79 Å². The zero-order valence-electron chi connectivity index (χ0n) is 18.7. The molecule has 0 saturated carbocycles. The topological polar surface area (TPSA) is 44.8 Å². The number of esters is 1. The minimum atomic E-state index is -0.375. The van der Waals surface area contributed by atoms with E-state index < -0.39 is 0 Å². The lowest BCUT2D eigenvalue weighted by molar-refractivity contribution is 0.0662. The third-order valence-electron chi connectivity index (χ3n) is 4.99. The Morgan fingerprint density at radius 1 is 0.767 bits per heavy atom. The molecule has 0 aromatic heterocycles. The molecule has 0 spiro atoms. The SMILES string of the molecule is CCCCCCCCOc1ccc(C(=O)Oc2ccc(C(C)OCCC)cc2)cc1. The maximum atomic E-state index is 12.4. The second-order valence-corrected chi connectivity index (χ2v) is 7.61. The largest absolute Gasteiger partial charge is 0.494 e. The zero-order chi connectivity index (χ0) is 21.6. The molecule has 2 aromatic rings. The number of ether oxygens (including phenoxy) is 3. The first kappa shape index (κ1) is 23.9. The van der Waals surface area contributed by atoms with Crippen LogP contribution < -0.4 is 9.47 Å². The third kappa shape index (κ3) is 8.58. The summed E-state index contributed by atoms with van der Waals surface area (Å²) in [5, 5.41) is 0. The molecule has 0 radical (unpaired) electrons. The van der Waals surface area contributed by atoms with Gasteiger partial charge in [-0.05, 0) is 61.7 Å². The van der Waals surface area contributed by atoms with Crippen LogP contribution in [0.4, 0.5) is 0 Å². The van der Waals surface area contributed by atoms with E-state index in [2.05, 4.69) is 13.8 Å². The minimum absolute atomic E-state index is 0.0265. The van der Waals surface area contributed by atoms with Gasteiger partial charge >= 0.3 is 5.97 Å². The number of carbonyl (C=O) groups is 1. The van der Waals surface area contributed by atoms with E-state index in [1.165, 1.54) is 32.1 Å². The highest BCUT2D eigenvalue weighted by Crippen LogP contribution is 2.22. The van der Waals surface area contributed by atoms with Crippen LogP contribution in [0.2, 0.25) is 0 Å². The van der Waals surface area contributed by atoms with E-state index in [0.29, 0.717) is 17.9 Å². The maximum absolute atomic E-state index is 12.4. The van der Waals surface area contributed by atoms with Gasteiger partial charge in [-0.15, -0.1) is 0 Å². The Balaban J connectivity index is 1.76. The van der Waals surface area contributed by atoms with Gasteiger partial charge in [0.2, 0.25) is 0 Å². The van der Waals surface area contributed by atoms with Gasteiger partial charge < -0.3 is 14.2 Å². The van der Waals surface area contributed by atoms with Gasteiger partial charge in [0.15, 0.2) is 0 Å². The molecule has 2 aromatic carbocycles. The molecule has 0 N–H and O–H groups in total. The van der Waals surface area contributed by atoms with E-state index in [0.717, 1.165) is 30.8 Å². The molecule has 164 valence electrons. The number of hydrogen-bond donors (Lipinski definition) is 0. The molecule has 0 saturated heterocycles. The molecule has 4 nitrogen and oxygen atoms in total. The van der Waals surface area contributed by atoms with Crippen molar-refractivity contribution >= 4 is 5.97 Å². The van der Waals surface area contributed by atoms with Crippen LogP contribution in [-0.4, -0.2) is 19.2 Å². The normalized spacial score (nSPS) is 11.8. The Labute approximate surface area is 181 Å². The summed E-state index contributed by atoms with van der Waals surface area (Å²) in [7, 11) is 0. The Bertz CT molecular complexity index is 722. The molecule has 4 heteroatoms. The number of unbranched alkanes of at least 4 members (excludes halogenated alkanes) is 5. The van der Waals surface area contributed by atoms with Crippen molar-refractivity contribution in [3.8, 4) is 11.5 Å². The zero-order valence-corrected chi connectivity index (χ0v) is 18.7. The van der Waals surface area contributed by atoms with E-state index in [1.807, 2.05) is 31.2 Å². The summed E-state index contributed by atoms with van der Waals surface area (Å²) in [6, 6.07) is 14.6. The van der Waals surface area contributed by atoms with Crippen LogP contribution >= 0.6 is 0 Å². The molecule has 0 bridgehead atoms. The molecule has 1 unspecified atom stereocenters. The number of carbonyl (C=O) groups excluding carboxylic acids is 1. The fourth-order valence-electron chi connectivity index (χ4n) is 3.12. The average Bonchev–Trinajstić information content (AvgIpc) is 2.77.